The monoisotopic (exact) mass is 380 g/mol. The molecule has 8 heteroatoms. The second kappa shape index (κ2) is 8.84. The van der Waals surface area contributed by atoms with Crippen LogP contribution in [0, 0.1) is 5.95 Å². The lowest BCUT2D eigenvalue weighted by Gasteiger charge is -2.22. The van der Waals surface area contributed by atoms with Crippen LogP contribution in [0.2, 0.25) is 0 Å². The van der Waals surface area contributed by atoms with Gasteiger partial charge in [-0.05, 0) is 52.9 Å². The van der Waals surface area contributed by atoms with Crippen molar-refractivity contribution in [1.29, 1.82) is 0 Å². The van der Waals surface area contributed by atoms with Crippen molar-refractivity contribution in [3.63, 3.8) is 0 Å². The van der Waals surface area contributed by atoms with Crippen LogP contribution in [-0.2, 0) is 4.79 Å². The van der Waals surface area contributed by atoms with Gasteiger partial charge in [-0.25, -0.2) is 0 Å². The van der Waals surface area contributed by atoms with Crippen molar-refractivity contribution in [3.8, 4) is 11.6 Å². The number of ether oxygens (including phenoxy) is 2. The van der Waals surface area contributed by atoms with Gasteiger partial charge in [-0.15, -0.1) is 0 Å². The zero-order valence-electron chi connectivity index (χ0n) is 16.3. The molecular weight excluding hydrogens is 351 g/mol. The van der Waals surface area contributed by atoms with Crippen molar-refractivity contribution < 1.29 is 18.7 Å². The van der Waals surface area contributed by atoms with E-state index in [1.807, 2.05) is 0 Å². The number of likely N-dealkylation sites (tertiary alicyclic amines) is 2. The number of pyridine rings is 1. The summed E-state index contributed by atoms with van der Waals surface area (Å²) in [4.78, 5) is 19.7. The molecule has 2 aliphatic rings. The minimum Gasteiger partial charge on any atom is -0.486 e. The first-order valence-electron chi connectivity index (χ1n) is 9.58. The summed E-state index contributed by atoms with van der Waals surface area (Å²) >= 11 is 0. The summed E-state index contributed by atoms with van der Waals surface area (Å²) in [5, 5.41) is 2.45. The lowest BCUT2D eigenvalue weighted by atomic mass is 10.2. The molecule has 27 heavy (non-hydrogen) atoms. The number of nitrogens with one attached hydrogen (secondary N) is 1. The molecule has 2 saturated heterocycles. The van der Waals surface area contributed by atoms with Gasteiger partial charge in [0, 0.05) is 25.1 Å². The van der Waals surface area contributed by atoms with Gasteiger partial charge in [0.25, 0.3) is 5.88 Å². The van der Waals surface area contributed by atoms with Gasteiger partial charge >= 0.3 is 0 Å². The molecule has 0 saturated carbocycles. The SMILES string of the molecule is CC(=O)Nc1cc(OC[C@@H]2CCCN2C)c(OC[C@@H]2CCCN2C)nc1F. The standard InChI is InChI=1S/C19H29FN4O3/c1-13(25)21-16-10-17(26-11-14-6-4-8-23(14)2)19(22-18(16)20)27-12-15-7-5-9-24(15)3/h10,14-15H,4-9,11-12H2,1-3H3,(H,21,25)/t14-,15-/m0/s1. The quantitative estimate of drug-likeness (QED) is 0.731. The number of carbonyl (C=O) groups is 1. The molecule has 0 bridgehead atoms. The van der Waals surface area contributed by atoms with Crippen LogP contribution in [0.4, 0.5) is 10.1 Å². The van der Waals surface area contributed by atoms with Gasteiger partial charge in [-0.1, -0.05) is 0 Å². The van der Waals surface area contributed by atoms with E-state index in [1.165, 1.54) is 13.0 Å². The number of hydrogen-bond acceptors (Lipinski definition) is 6. The summed E-state index contributed by atoms with van der Waals surface area (Å²) in [6.07, 6.45) is 4.38. The third-order valence-corrected chi connectivity index (χ3v) is 5.41. The first-order valence-corrected chi connectivity index (χ1v) is 9.58. The zero-order chi connectivity index (χ0) is 19.4. The lowest BCUT2D eigenvalue weighted by molar-refractivity contribution is -0.114. The summed E-state index contributed by atoms with van der Waals surface area (Å²) in [7, 11) is 4.13. The molecule has 0 aromatic carbocycles. The highest BCUT2D eigenvalue weighted by atomic mass is 19.1. The number of rotatable bonds is 7. The Kier molecular flexibility index (Phi) is 6.49. The first-order chi connectivity index (χ1) is 12.9. The van der Waals surface area contributed by atoms with Gasteiger partial charge < -0.3 is 24.6 Å². The van der Waals surface area contributed by atoms with Gasteiger partial charge in [-0.2, -0.15) is 9.37 Å². The molecule has 0 unspecified atom stereocenters. The maximum Gasteiger partial charge on any atom is 0.259 e. The van der Waals surface area contributed by atoms with Gasteiger partial charge in [0.2, 0.25) is 11.9 Å². The van der Waals surface area contributed by atoms with Crippen LogP contribution in [0.5, 0.6) is 11.6 Å². The highest BCUT2D eigenvalue weighted by Gasteiger charge is 2.25. The second-order valence-corrected chi connectivity index (χ2v) is 7.49. The van der Waals surface area contributed by atoms with E-state index in [1.54, 1.807) is 0 Å². The number of hydrogen-bond donors (Lipinski definition) is 1. The normalized spacial score (nSPS) is 23.6. The van der Waals surface area contributed by atoms with E-state index in [-0.39, 0.29) is 17.5 Å². The van der Waals surface area contributed by atoms with E-state index in [0.717, 1.165) is 38.8 Å². The maximum absolute atomic E-state index is 14.3. The van der Waals surface area contributed by atoms with Gasteiger partial charge in [0.1, 0.15) is 18.9 Å². The molecule has 2 aliphatic heterocycles. The number of nitrogens with zero attached hydrogens (tertiary/aromatic N) is 3. The highest BCUT2D eigenvalue weighted by Crippen LogP contribution is 2.31. The lowest BCUT2D eigenvalue weighted by Crippen LogP contribution is -2.31. The molecule has 1 N–H and O–H groups in total. The highest BCUT2D eigenvalue weighted by molar-refractivity contribution is 5.88. The summed E-state index contributed by atoms with van der Waals surface area (Å²) in [5.74, 6) is -0.632. The Labute approximate surface area is 159 Å². The van der Waals surface area contributed by atoms with Gasteiger partial charge in [0.15, 0.2) is 5.75 Å². The third kappa shape index (κ3) is 5.07. The fraction of sp³-hybridized carbons (Fsp3) is 0.684. The smallest absolute Gasteiger partial charge is 0.259 e. The van der Waals surface area contributed by atoms with Crippen molar-refractivity contribution in [2.45, 2.75) is 44.7 Å². The van der Waals surface area contributed by atoms with E-state index >= 15 is 0 Å². The van der Waals surface area contributed by atoms with E-state index in [0.29, 0.717) is 31.0 Å². The number of halogens is 1. The third-order valence-electron chi connectivity index (χ3n) is 5.41. The van der Waals surface area contributed by atoms with E-state index in [4.69, 9.17) is 9.47 Å². The van der Waals surface area contributed by atoms with Gasteiger partial charge in [-0.3, -0.25) is 4.79 Å². The Morgan fingerprint density at radius 3 is 2.30 bits per heavy atom. The average Bonchev–Trinajstić information content (AvgIpc) is 3.21. The second-order valence-electron chi connectivity index (χ2n) is 7.49. The maximum atomic E-state index is 14.3. The van der Waals surface area contributed by atoms with E-state index < -0.39 is 5.95 Å². The Morgan fingerprint density at radius 2 is 1.78 bits per heavy atom. The first kappa shape index (κ1) is 19.8. The summed E-state index contributed by atoms with van der Waals surface area (Å²) in [5.41, 5.74) is 0.00242. The molecule has 2 atom stereocenters. The molecule has 1 aromatic heterocycles. The number of amides is 1. The summed E-state index contributed by atoms with van der Waals surface area (Å²) in [6, 6.07) is 2.07. The molecule has 3 rings (SSSR count). The van der Waals surface area contributed by atoms with Crippen molar-refractivity contribution in [2.75, 3.05) is 45.7 Å². The minimum absolute atomic E-state index is 0.00242. The number of likely N-dealkylation sites (N-methyl/N-ethyl adjacent to an activating group) is 2. The number of carbonyl (C=O) groups excluding carboxylic acids is 1. The van der Waals surface area contributed by atoms with Crippen LogP contribution in [0.3, 0.4) is 0 Å². The molecular formula is C19H29FN4O3. The van der Waals surface area contributed by atoms with Crippen molar-refractivity contribution in [2.24, 2.45) is 0 Å². The van der Waals surface area contributed by atoms with Crippen molar-refractivity contribution in [3.05, 3.63) is 12.0 Å². The molecule has 0 aliphatic carbocycles. The molecule has 150 valence electrons. The Balaban J connectivity index is 1.74. The predicted octanol–water partition coefficient (Wildman–Crippen LogP) is 2.13. The van der Waals surface area contributed by atoms with Crippen LogP contribution in [0.1, 0.15) is 32.6 Å². The summed E-state index contributed by atoms with van der Waals surface area (Å²) in [6.45, 7) is 4.32. The Bertz CT molecular complexity index is 673. The summed E-state index contributed by atoms with van der Waals surface area (Å²) < 4.78 is 26.1. The zero-order valence-corrected chi connectivity index (χ0v) is 16.3. The van der Waals surface area contributed by atoms with Crippen LogP contribution in [-0.4, -0.2) is 73.2 Å². The molecule has 1 aromatic rings. The molecule has 3 heterocycles. The number of anilines is 1. The fourth-order valence-corrected chi connectivity index (χ4v) is 3.68. The molecule has 1 amide bonds. The van der Waals surface area contributed by atoms with Crippen LogP contribution in [0.15, 0.2) is 6.07 Å². The van der Waals surface area contributed by atoms with Crippen molar-refractivity contribution in [1.82, 2.24) is 14.8 Å². The topological polar surface area (TPSA) is 66.9 Å². The Morgan fingerprint density at radius 1 is 1.19 bits per heavy atom. The molecule has 0 spiro atoms. The largest absolute Gasteiger partial charge is 0.486 e. The Hall–Kier alpha value is -1.93. The van der Waals surface area contributed by atoms with E-state index in [9.17, 15) is 9.18 Å². The average molecular weight is 380 g/mol. The molecule has 0 radical (unpaired) electrons. The minimum atomic E-state index is -0.773. The van der Waals surface area contributed by atoms with Gasteiger partial charge in [0.05, 0.1) is 0 Å². The van der Waals surface area contributed by atoms with E-state index in [2.05, 4.69) is 34.2 Å². The fourth-order valence-electron chi connectivity index (χ4n) is 3.68. The van der Waals surface area contributed by atoms with Crippen LogP contribution >= 0.6 is 0 Å². The molecule has 7 nitrogen and oxygen atoms in total. The van der Waals surface area contributed by atoms with Crippen LogP contribution in [0.25, 0.3) is 0 Å². The van der Waals surface area contributed by atoms with Crippen LogP contribution < -0.4 is 14.8 Å². The number of aromatic nitrogens is 1. The van der Waals surface area contributed by atoms with Crippen molar-refractivity contribution >= 4 is 11.6 Å². The predicted molar refractivity (Wildman–Crippen MR) is 101 cm³/mol. The molecule has 2 fully saturated rings.